The third-order valence-electron chi connectivity index (χ3n) is 4.49. The molecule has 0 aliphatic heterocycles. The van der Waals surface area contributed by atoms with Gasteiger partial charge in [-0.3, -0.25) is 4.79 Å². The van der Waals surface area contributed by atoms with Crippen LogP contribution in [0.3, 0.4) is 0 Å². The number of nitrogens with one attached hydrogen (secondary N) is 1. The van der Waals surface area contributed by atoms with Crippen LogP contribution in [-0.4, -0.2) is 11.8 Å². The van der Waals surface area contributed by atoms with Gasteiger partial charge in [0.1, 0.15) is 5.78 Å². The van der Waals surface area contributed by atoms with Crippen molar-refractivity contribution in [1.29, 1.82) is 0 Å². The van der Waals surface area contributed by atoms with Crippen LogP contribution in [0.5, 0.6) is 0 Å². The molecule has 114 valence electrons. The Hall–Kier alpha value is -1.57. The Labute approximate surface area is 128 Å². The van der Waals surface area contributed by atoms with Crippen LogP contribution < -0.4 is 5.32 Å². The standard InChI is InChI=1S/C19H27NO/c1-14-9-8-12-19(3,4)18(14)17(21)13-15(2)20-16-10-6-5-7-11-16/h5-11,14-15,18,20H,12-13H2,1-4H3/t14-,15-,18-/m1/s1. The van der Waals surface area contributed by atoms with Crippen molar-refractivity contribution in [2.24, 2.45) is 17.3 Å². The smallest absolute Gasteiger partial charge is 0.139 e. The molecule has 0 fully saturated rings. The van der Waals surface area contributed by atoms with E-state index in [4.69, 9.17) is 0 Å². The number of ketones is 1. The highest BCUT2D eigenvalue weighted by Gasteiger charge is 2.39. The fraction of sp³-hybridized carbons (Fsp3) is 0.526. The van der Waals surface area contributed by atoms with E-state index in [1.54, 1.807) is 0 Å². The molecule has 0 bridgehead atoms. The SMILES string of the molecule is C[C@H](CC(=O)[C@H]1[C@H](C)C=CCC1(C)C)Nc1ccccc1. The molecule has 3 atom stereocenters. The monoisotopic (exact) mass is 285 g/mol. The van der Waals surface area contributed by atoms with Gasteiger partial charge in [-0.1, -0.05) is 51.1 Å². The third kappa shape index (κ3) is 3.96. The summed E-state index contributed by atoms with van der Waals surface area (Å²) >= 11 is 0. The Kier molecular flexibility index (Phi) is 4.87. The van der Waals surface area contributed by atoms with Gasteiger partial charge in [-0.15, -0.1) is 0 Å². The van der Waals surface area contributed by atoms with E-state index in [0.29, 0.717) is 18.1 Å². The molecule has 1 N–H and O–H groups in total. The third-order valence-corrected chi connectivity index (χ3v) is 4.49. The number of carbonyl (C=O) groups is 1. The van der Waals surface area contributed by atoms with Crippen molar-refractivity contribution in [3.63, 3.8) is 0 Å². The van der Waals surface area contributed by atoms with Gasteiger partial charge in [0.15, 0.2) is 0 Å². The molecule has 2 nitrogen and oxygen atoms in total. The van der Waals surface area contributed by atoms with Crippen LogP contribution >= 0.6 is 0 Å². The number of hydrogen-bond acceptors (Lipinski definition) is 2. The summed E-state index contributed by atoms with van der Waals surface area (Å²) in [7, 11) is 0. The van der Waals surface area contributed by atoms with Crippen molar-refractivity contribution in [2.75, 3.05) is 5.32 Å². The van der Waals surface area contributed by atoms with E-state index in [1.165, 1.54) is 0 Å². The highest BCUT2D eigenvalue weighted by molar-refractivity contribution is 5.83. The molecule has 1 aromatic carbocycles. The molecule has 0 radical (unpaired) electrons. The number of allylic oxidation sites excluding steroid dienone is 2. The van der Waals surface area contributed by atoms with Crippen LogP contribution in [0.2, 0.25) is 0 Å². The quantitative estimate of drug-likeness (QED) is 0.796. The normalized spacial score (nSPS) is 25.3. The highest BCUT2D eigenvalue weighted by Crippen LogP contribution is 2.41. The summed E-state index contributed by atoms with van der Waals surface area (Å²) in [5.74, 6) is 0.848. The van der Waals surface area contributed by atoms with Crippen molar-refractivity contribution < 1.29 is 4.79 Å². The van der Waals surface area contributed by atoms with E-state index in [-0.39, 0.29) is 17.4 Å². The van der Waals surface area contributed by atoms with Crippen LogP contribution in [0.25, 0.3) is 0 Å². The maximum absolute atomic E-state index is 12.8. The first-order valence-corrected chi connectivity index (χ1v) is 7.91. The van der Waals surface area contributed by atoms with Crippen molar-refractivity contribution in [1.82, 2.24) is 0 Å². The molecule has 0 saturated heterocycles. The second-order valence-electron chi connectivity index (χ2n) is 7.04. The number of para-hydroxylation sites is 1. The summed E-state index contributed by atoms with van der Waals surface area (Å²) < 4.78 is 0. The van der Waals surface area contributed by atoms with Crippen molar-refractivity contribution >= 4 is 11.5 Å². The summed E-state index contributed by atoms with van der Waals surface area (Å²) in [6.07, 6.45) is 6.00. The molecular formula is C19H27NO. The van der Waals surface area contributed by atoms with Gasteiger partial charge in [0, 0.05) is 24.1 Å². The van der Waals surface area contributed by atoms with Gasteiger partial charge < -0.3 is 5.32 Å². The number of benzene rings is 1. The van der Waals surface area contributed by atoms with E-state index >= 15 is 0 Å². The highest BCUT2D eigenvalue weighted by atomic mass is 16.1. The Bertz CT molecular complexity index is 504. The number of hydrogen-bond donors (Lipinski definition) is 1. The van der Waals surface area contributed by atoms with Gasteiger partial charge in [0.25, 0.3) is 0 Å². The largest absolute Gasteiger partial charge is 0.382 e. The van der Waals surface area contributed by atoms with E-state index in [1.807, 2.05) is 30.3 Å². The van der Waals surface area contributed by atoms with Gasteiger partial charge in [-0.05, 0) is 36.8 Å². The fourth-order valence-electron chi connectivity index (χ4n) is 3.56. The first kappa shape index (κ1) is 15.8. The Morgan fingerprint density at radius 3 is 2.62 bits per heavy atom. The number of anilines is 1. The van der Waals surface area contributed by atoms with Crippen LogP contribution in [0, 0.1) is 17.3 Å². The zero-order chi connectivity index (χ0) is 15.5. The second kappa shape index (κ2) is 6.46. The van der Waals surface area contributed by atoms with Gasteiger partial charge in [-0.25, -0.2) is 0 Å². The average Bonchev–Trinajstić information content (AvgIpc) is 2.38. The first-order valence-electron chi connectivity index (χ1n) is 7.91. The Balaban J connectivity index is 1.99. The lowest BCUT2D eigenvalue weighted by Gasteiger charge is -2.39. The summed E-state index contributed by atoms with van der Waals surface area (Å²) in [5, 5.41) is 3.42. The number of Topliss-reactive ketones (excluding diaryl/α,β-unsaturated/α-hetero) is 1. The maximum atomic E-state index is 12.8. The van der Waals surface area contributed by atoms with Gasteiger partial charge in [0.05, 0.1) is 0 Å². The molecule has 0 aromatic heterocycles. The molecule has 1 aliphatic rings. The molecule has 0 saturated carbocycles. The lowest BCUT2D eigenvalue weighted by molar-refractivity contribution is -0.128. The lowest BCUT2D eigenvalue weighted by atomic mass is 9.65. The van der Waals surface area contributed by atoms with Crippen molar-refractivity contribution in [3.8, 4) is 0 Å². The predicted molar refractivity (Wildman–Crippen MR) is 89.3 cm³/mol. The van der Waals surface area contributed by atoms with Gasteiger partial charge in [-0.2, -0.15) is 0 Å². The summed E-state index contributed by atoms with van der Waals surface area (Å²) in [4.78, 5) is 12.8. The van der Waals surface area contributed by atoms with Crippen LogP contribution in [0.15, 0.2) is 42.5 Å². The molecule has 21 heavy (non-hydrogen) atoms. The Morgan fingerprint density at radius 1 is 1.33 bits per heavy atom. The van der Waals surface area contributed by atoms with E-state index in [0.717, 1.165) is 12.1 Å². The zero-order valence-corrected chi connectivity index (χ0v) is 13.6. The molecule has 0 amide bonds. The summed E-state index contributed by atoms with van der Waals surface area (Å²) in [6.45, 7) is 8.67. The molecule has 2 rings (SSSR count). The van der Waals surface area contributed by atoms with Crippen molar-refractivity contribution in [2.45, 2.75) is 46.6 Å². The van der Waals surface area contributed by atoms with E-state index < -0.39 is 0 Å². The number of rotatable bonds is 5. The summed E-state index contributed by atoms with van der Waals surface area (Å²) in [6, 6.07) is 10.3. The number of carbonyl (C=O) groups excluding carboxylic acids is 1. The fourth-order valence-corrected chi connectivity index (χ4v) is 3.56. The lowest BCUT2D eigenvalue weighted by Crippen LogP contribution is -2.39. The van der Waals surface area contributed by atoms with E-state index in [2.05, 4.69) is 45.2 Å². The van der Waals surface area contributed by atoms with Crippen LogP contribution in [0.4, 0.5) is 5.69 Å². The van der Waals surface area contributed by atoms with Gasteiger partial charge in [0.2, 0.25) is 0 Å². The molecule has 2 heteroatoms. The van der Waals surface area contributed by atoms with E-state index in [9.17, 15) is 4.79 Å². The summed E-state index contributed by atoms with van der Waals surface area (Å²) in [5.41, 5.74) is 1.14. The van der Waals surface area contributed by atoms with Gasteiger partial charge >= 0.3 is 0 Å². The topological polar surface area (TPSA) is 29.1 Å². The Morgan fingerprint density at radius 2 is 2.00 bits per heavy atom. The maximum Gasteiger partial charge on any atom is 0.139 e. The van der Waals surface area contributed by atoms with Crippen LogP contribution in [-0.2, 0) is 4.79 Å². The minimum atomic E-state index is 0.0672. The first-order chi connectivity index (χ1) is 9.90. The predicted octanol–water partition coefficient (Wildman–Crippen LogP) is 4.68. The van der Waals surface area contributed by atoms with Crippen molar-refractivity contribution in [3.05, 3.63) is 42.5 Å². The zero-order valence-electron chi connectivity index (χ0n) is 13.6. The minimum Gasteiger partial charge on any atom is -0.382 e. The second-order valence-corrected chi connectivity index (χ2v) is 7.04. The molecule has 0 unspecified atom stereocenters. The molecule has 1 aromatic rings. The van der Waals surface area contributed by atoms with Crippen LogP contribution in [0.1, 0.15) is 40.5 Å². The molecule has 0 spiro atoms. The molecular weight excluding hydrogens is 258 g/mol. The molecule has 0 heterocycles. The minimum absolute atomic E-state index is 0.0672. The molecule has 1 aliphatic carbocycles. The average molecular weight is 285 g/mol.